The van der Waals surface area contributed by atoms with Crippen LogP contribution in [0.4, 0.5) is 0 Å². The van der Waals surface area contributed by atoms with E-state index in [0.29, 0.717) is 0 Å². The van der Waals surface area contributed by atoms with Gasteiger partial charge in [-0.3, -0.25) is 4.99 Å². The summed E-state index contributed by atoms with van der Waals surface area (Å²) in [5, 5.41) is 4.17. The van der Waals surface area contributed by atoms with Crippen LogP contribution in [0, 0.1) is 0 Å². The zero-order chi connectivity index (χ0) is 9.80. The molecule has 14 heavy (non-hydrogen) atoms. The summed E-state index contributed by atoms with van der Waals surface area (Å²) in [7, 11) is 0. The van der Waals surface area contributed by atoms with Crippen molar-refractivity contribution in [2.45, 2.75) is 13.3 Å². The highest BCUT2D eigenvalue weighted by Crippen LogP contribution is 2.12. The second-order valence-electron chi connectivity index (χ2n) is 3.08. The van der Waals surface area contributed by atoms with Crippen molar-refractivity contribution in [2.24, 2.45) is 4.99 Å². The summed E-state index contributed by atoms with van der Waals surface area (Å²) in [6.07, 6.45) is 10.9. The minimum absolute atomic E-state index is 0.852. The van der Waals surface area contributed by atoms with Gasteiger partial charge in [-0.25, -0.2) is 4.68 Å². The molecule has 1 aliphatic carbocycles. The van der Waals surface area contributed by atoms with Crippen LogP contribution in [0.5, 0.6) is 0 Å². The van der Waals surface area contributed by atoms with Gasteiger partial charge in [-0.2, -0.15) is 5.10 Å². The molecule has 0 N–H and O–H groups in total. The molecule has 0 atom stereocenters. The van der Waals surface area contributed by atoms with Crippen molar-refractivity contribution < 1.29 is 0 Å². The van der Waals surface area contributed by atoms with Crippen LogP contribution in [0.25, 0.3) is 5.70 Å². The van der Waals surface area contributed by atoms with Gasteiger partial charge < -0.3 is 0 Å². The van der Waals surface area contributed by atoms with Crippen LogP contribution in [0.3, 0.4) is 0 Å². The molecule has 0 aromatic carbocycles. The highest BCUT2D eigenvalue weighted by atomic mass is 15.3. The Labute approximate surface area is 83.5 Å². The second kappa shape index (κ2) is 4.05. The molecular weight excluding hydrogens is 174 g/mol. The minimum atomic E-state index is 0.852. The van der Waals surface area contributed by atoms with Gasteiger partial charge in [0.1, 0.15) is 0 Å². The van der Waals surface area contributed by atoms with Gasteiger partial charge in [0, 0.05) is 31.1 Å². The van der Waals surface area contributed by atoms with Crippen molar-refractivity contribution in [3.63, 3.8) is 0 Å². The monoisotopic (exact) mass is 187 g/mol. The van der Waals surface area contributed by atoms with Crippen molar-refractivity contribution in [1.82, 2.24) is 9.78 Å². The maximum atomic E-state index is 4.35. The third-order valence-corrected chi connectivity index (χ3v) is 2.10. The number of aliphatic imine (C=N–C) groups is 1. The van der Waals surface area contributed by atoms with Crippen LogP contribution < -0.4 is 0 Å². The van der Waals surface area contributed by atoms with E-state index in [2.05, 4.69) is 22.2 Å². The van der Waals surface area contributed by atoms with Crippen molar-refractivity contribution >= 4 is 11.4 Å². The summed E-state index contributed by atoms with van der Waals surface area (Å²) in [6, 6.07) is 1.92. The number of aromatic nitrogens is 2. The Morgan fingerprint density at radius 2 is 2.43 bits per heavy atom. The van der Waals surface area contributed by atoms with E-state index in [-0.39, 0.29) is 0 Å². The Kier molecular flexibility index (Phi) is 2.58. The molecule has 1 aromatic heterocycles. The lowest BCUT2D eigenvalue weighted by atomic mass is 10.1. The Hall–Kier alpha value is -1.64. The van der Waals surface area contributed by atoms with Gasteiger partial charge in [-0.05, 0) is 25.1 Å². The first-order valence-corrected chi connectivity index (χ1v) is 4.81. The third kappa shape index (κ3) is 1.82. The number of rotatable bonds is 2. The predicted octanol–water partition coefficient (Wildman–Crippen LogP) is 2.14. The number of hydrogen-bond acceptors (Lipinski definition) is 2. The summed E-state index contributed by atoms with van der Waals surface area (Å²) in [5.74, 6) is 0. The van der Waals surface area contributed by atoms with Gasteiger partial charge in [-0.15, -0.1) is 0 Å². The maximum Gasteiger partial charge on any atom is 0.0610 e. The van der Waals surface area contributed by atoms with Crippen LogP contribution in [-0.4, -0.2) is 22.0 Å². The molecule has 0 bridgehead atoms. The summed E-state index contributed by atoms with van der Waals surface area (Å²) >= 11 is 0. The topological polar surface area (TPSA) is 30.2 Å². The van der Waals surface area contributed by atoms with Gasteiger partial charge in [-0.1, -0.05) is 6.08 Å². The van der Waals surface area contributed by atoms with E-state index in [4.69, 9.17) is 0 Å². The molecule has 0 aliphatic heterocycles. The van der Waals surface area contributed by atoms with Gasteiger partial charge in [0.2, 0.25) is 0 Å². The molecule has 0 radical (unpaired) electrons. The van der Waals surface area contributed by atoms with Crippen LogP contribution in [0.2, 0.25) is 0 Å². The van der Waals surface area contributed by atoms with Crippen LogP contribution in [0.15, 0.2) is 41.7 Å². The molecule has 0 saturated heterocycles. The summed E-state index contributed by atoms with van der Waals surface area (Å²) in [4.78, 5) is 4.35. The Morgan fingerprint density at radius 1 is 1.50 bits per heavy atom. The number of allylic oxidation sites excluding steroid dienone is 4. The fourth-order valence-electron chi connectivity index (χ4n) is 1.44. The first kappa shape index (κ1) is 8.94. The van der Waals surface area contributed by atoms with E-state index >= 15 is 0 Å². The quantitative estimate of drug-likeness (QED) is 0.697. The summed E-state index contributed by atoms with van der Waals surface area (Å²) in [6.45, 7) is 2.90. The summed E-state index contributed by atoms with van der Waals surface area (Å²) in [5.41, 5.74) is 2.26. The lowest BCUT2D eigenvalue weighted by molar-refractivity contribution is 0.905. The molecule has 0 unspecified atom stereocenters. The molecule has 1 aromatic rings. The Bertz CT molecular complexity index is 383. The normalized spacial score (nSPS) is 18.6. The second-order valence-corrected chi connectivity index (χ2v) is 3.08. The SMILES string of the molecule is CCN=C1C=CC(n2cccn2)=CC1. The van der Waals surface area contributed by atoms with E-state index in [0.717, 1.165) is 24.4 Å². The molecule has 3 nitrogen and oxygen atoms in total. The lowest BCUT2D eigenvalue weighted by Gasteiger charge is -2.08. The molecule has 72 valence electrons. The van der Waals surface area contributed by atoms with E-state index in [1.165, 1.54) is 0 Å². The van der Waals surface area contributed by atoms with Gasteiger partial charge in [0.25, 0.3) is 0 Å². The first-order chi connectivity index (χ1) is 6.90. The zero-order valence-electron chi connectivity index (χ0n) is 8.22. The third-order valence-electron chi connectivity index (χ3n) is 2.10. The standard InChI is InChI=1S/C11H13N3/c1-2-12-10-4-6-11(7-5-10)14-9-3-8-13-14/h3-4,6-9H,2,5H2,1H3. The van der Waals surface area contributed by atoms with Crippen LogP contribution in [0.1, 0.15) is 13.3 Å². The molecule has 2 rings (SSSR count). The van der Waals surface area contributed by atoms with E-state index in [1.54, 1.807) is 6.20 Å². The molecule has 1 aliphatic rings. The Balaban J connectivity index is 2.14. The number of hydrogen-bond donors (Lipinski definition) is 0. The smallest absolute Gasteiger partial charge is 0.0610 e. The molecular formula is C11H13N3. The number of nitrogens with zero attached hydrogens (tertiary/aromatic N) is 3. The molecule has 0 fully saturated rings. The predicted molar refractivity (Wildman–Crippen MR) is 58.2 cm³/mol. The molecule has 0 spiro atoms. The highest BCUT2D eigenvalue weighted by molar-refractivity contribution is 5.99. The van der Waals surface area contributed by atoms with Crippen molar-refractivity contribution in [2.75, 3.05) is 6.54 Å². The zero-order valence-corrected chi connectivity index (χ0v) is 8.22. The molecule has 1 heterocycles. The van der Waals surface area contributed by atoms with Gasteiger partial charge >= 0.3 is 0 Å². The van der Waals surface area contributed by atoms with Crippen molar-refractivity contribution in [3.8, 4) is 0 Å². The highest BCUT2D eigenvalue weighted by Gasteiger charge is 2.03. The van der Waals surface area contributed by atoms with E-state index < -0.39 is 0 Å². The lowest BCUT2D eigenvalue weighted by Crippen LogP contribution is -2.03. The molecule has 0 amide bonds. The van der Waals surface area contributed by atoms with Gasteiger partial charge in [0.15, 0.2) is 0 Å². The van der Waals surface area contributed by atoms with E-state index in [9.17, 15) is 0 Å². The largest absolute Gasteiger partial charge is 0.290 e. The average molecular weight is 187 g/mol. The van der Waals surface area contributed by atoms with Crippen molar-refractivity contribution in [3.05, 3.63) is 36.7 Å². The maximum absolute atomic E-state index is 4.35. The fraction of sp³-hybridized carbons (Fsp3) is 0.273. The average Bonchev–Trinajstić information content (AvgIpc) is 2.72. The van der Waals surface area contributed by atoms with Crippen LogP contribution >= 0.6 is 0 Å². The van der Waals surface area contributed by atoms with E-state index in [1.807, 2.05) is 29.9 Å². The minimum Gasteiger partial charge on any atom is -0.290 e. The first-order valence-electron chi connectivity index (χ1n) is 4.81. The summed E-state index contributed by atoms with van der Waals surface area (Å²) < 4.78 is 1.86. The molecule has 0 saturated carbocycles. The fourth-order valence-corrected chi connectivity index (χ4v) is 1.44. The van der Waals surface area contributed by atoms with Crippen LogP contribution in [-0.2, 0) is 0 Å². The van der Waals surface area contributed by atoms with Crippen molar-refractivity contribution in [1.29, 1.82) is 0 Å². The molecule has 3 heteroatoms. The Morgan fingerprint density at radius 3 is 3.00 bits per heavy atom. The van der Waals surface area contributed by atoms with Gasteiger partial charge in [0.05, 0.1) is 5.70 Å².